The third-order valence-corrected chi connectivity index (χ3v) is 2.57. The van der Waals surface area contributed by atoms with E-state index in [-0.39, 0.29) is 11.5 Å². The molecule has 0 atom stereocenters. The number of hydrogen-bond acceptors (Lipinski definition) is 6. The third-order valence-electron chi connectivity index (χ3n) is 2.57. The van der Waals surface area contributed by atoms with Crippen molar-refractivity contribution in [2.75, 3.05) is 44.9 Å². The van der Waals surface area contributed by atoms with E-state index in [4.69, 9.17) is 5.73 Å². The standard InChI is InChI=1S/C11H19N5O2/c1-14(2)7-4-8-15(3)10-6-5-9(16(17)18)11(12)13-10/h5-6H,4,7-8H2,1-3H3,(H2,12,13). The number of aromatic nitrogens is 1. The molecule has 1 rings (SSSR count). The van der Waals surface area contributed by atoms with Crippen LogP contribution < -0.4 is 10.6 Å². The highest BCUT2D eigenvalue weighted by atomic mass is 16.6. The van der Waals surface area contributed by atoms with Gasteiger partial charge >= 0.3 is 5.69 Å². The Morgan fingerprint density at radius 3 is 2.50 bits per heavy atom. The lowest BCUT2D eigenvalue weighted by Gasteiger charge is -2.19. The minimum absolute atomic E-state index is 0.0445. The Kier molecular flexibility index (Phi) is 4.85. The predicted molar refractivity (Wildman–Crippen MR) is 71.7 cm³/mol. The smallest absolute Gasteiger partial charge is 0.311 e. The molecule has 1 aromatic heterocycles. The molecule has 0 radical (unpaired) electrons. The van der Waals surface area contributed by atoms with Crippen LogP contribution in [0.15, 0.2) is 12.1 Å². The summed E-state index contributed by atoms with van der Waals surface area (Å²) in [5.74, 6) is 0.605. The molecule has 0 aromatic carbocycles. The second-order valence-electron chi connectivity index (χ2n) is 4.41. The molecule has 1 heterocycles. The maximum absolute atomic E-state index is 10.6. The number of nitrogen functional groups attached to an aromatic ring is 1. The number of nitrogens with zero attached hydrogens (tertiary/aromatic N) is 4. The van der Waals surface area contributed by atoms with Gasteiger partial charge in [0.05, 0.1) is 4.92 Å². The first kappa shape index (κ1) is 14.2. The van der Waals surface area contributed by atoms with Crippen LogP contribution in [0.3, 0.4) is 0 Å². The second kappa shape index (κ2) is 6.15. The second-order valence-corrected chi connectivity index (χ2v) is 4.41. The molecule has 2 N–H and O–H groups in total. The van der Waals surface area contributed by atoms with Crippen LogP contribution in [-0.2, 0) is 0 Å². The largest absolute Gasteiger partial charge is 0.378 e. The van der Waals surface area contributed by atoms with Crippen molar-refractivity contribution in [3.8, 4) is 0 Å². The Hall–Kier alpha value is -1.89. The van der Waals surface area contributed by atoms with Crippen molar-refractivity contribution in [3.63, 3.8) is 0 Å². The van der Waals surface area contributed by atoms with E-state index in [1.807, 2.05) is 26.0 Å². The quantitative estimate of drug-likeness (QED) is 0.600. The fourth-order valence-electron chi connectivity index (χ4n) is 1.56. The lowest BCUT2D eigenvalue weighted by atomic mass is 10.3. The molecule has 0 spiro atoms. The predicted octanol–water partition coefficient (Wildman–Crippen LogP) is 0.960. The van der Waals surface area contributed by atoms with Gasteiger partial charge < -0.3 is 15.5 Å². The van der Waals surface area contributed by atoms with Gasteiger partial charge in [-0.2, -0.15) is 0 Å². The molecule has 0 unspecified atom stereocenters. The minimum atomic E-state index is -0.530. The molecular formula is C11H19N5O2. The number of hydrogen-bond donors (Lipinski definition) is 1. The van der Waals surface area contributed by atoms with E-state index >= 15 is 0 Å². The molecule has 100 valence electrons. The van der Waals surface area contributed by atoms with Gasteiger partial charge in [-0.15, -0.1) is 0 Å². The van der Waals surface area contributed by atoms with Crippen molar-refractivity contribution in [2.45, 2.75) is 6.42 Å². The molecule has 0 amide bonds. The first-order valence-corrected chi connectivity index (χ1v) is 5.68. The lowest BCUT2D eigenvalue weighted by molar-refractivity contribution is -0.384. The summed E-state index contributed by atoms with van der Waals surface area (Å²) in [6.07, 6.45) is 0.988. The average Bonchev–Trinajstić information content (AvgIpc) is 2.27. The molecule has 7 nitrogen and oxygen atoms in total. The van der Waals surface area contributed by atoms with Crippen molar-refractivity contribution < 1.29 is 4.92 Å². The van der Waals surface area contributed by atoms with E-state index in [0.29, 0.717) is 5.82 Å². The normalized spacial score (nSPS) is 10.7. The topological polar surface area (TPSA) is 88.5 Å². The van der Waals surface area contributed by atoms with Crippen molar-refractivity contribution in [2.24, 2.45) is 0 Å². The zero-order valence-corrected chi connectivity index (χ0v) is 11.0. The van der Waals surface area contributed by atoms with Gasteiger partial charge in [0.25, 0.3) is 0 Å². The number of rotatable bonds is 6. The number of nitro groups is 1. The summed E-state index contributed by atoms with van der Waals surface area (Å²) < 4.78 is 0. The van der Waals surface area contributed by atoms with Crippen LogP contribution in [0.4, 0.5) is 17.3 Å². The monoisotopic (exact) mass is 253 g/mol. The summed E-state index contributed by atoms with van der Waals surface area (Å²) in [7, 11) is 5.92. The SMILES string of the molecule is CN(C)CCCN(C)c1ccc([N+](=O)[O-])c(N)n1. The molecule has 0 fully saturated rings. The molecule has 0 bridgehead atoms. The molecule has 18 heavy (non-hydrogen) atoms. The summed E-state index contributed by atoms with van der Waals surface area (Å²) in [4.78, 5) is 18.2. The van der Waals surface area contributed by atoms with Gasteiger partial charge in [-0.1, -0.05) is 0 Å². The van der Waals surface area contributed by atoms with Crippen LogP contribution in [0, 0.1) is 10.1 Å². The Labute approximate surface area is 106 Å². The first-order chi connectivity index (χ1) is 8.41. The molecule has 0 saturated carbocycles. The number of anilines is 2. The minimum Gasteiger partial charge on any atom is -0.378 e. The van der Waals surface area contributed by atoms with Crippen molar-refractivity contribution in [1.82, 2.24) is 9.88 Å². The molecule has 7 heteroatoms. The summed E-state index contributed by atoms with van der Waals surface area (Å²) in [6, 6.07) is 3.00. The molecule has 1 aromatic rings. The highest BCUT2D eigenvalue weighted by Gasteiger charge is 2.14. The van der Waals surface area contributed by atoms with E-state index in [0.717, 1.165) is 19.5 Å². The fourth-order valence-corrected chi connectivity index (χ4v) is 1.56. The van der Waals surface area contributed by atoms with E-state index in [1.54, 1.807) is 6.07 Å². The van der Waals surface area contributed by atoms with Crippen molar-refractivity contribution >= 4 is 17.3 Å². The van der Waals surface area contributed by atoms with Crippen LogP contribution in [0.5, 0.6) is 0 Å². The number of pyridine rings is 1. The summed E-state index contributed by atoms with van der Waals surface area (Å²) in [5.41, 5.74) is 5.40. The van der Waals surface area contributed by atoms with E-state index < -0.39 is 4.92 Å². The van der Waals surface area contributed by atoms with Gasteiger partial charge in [0.1, 0.15) is 5.82 Å². The Bertz CT molecular complexity index is 422. The summed E-state index contributed by atoms with van der Waals surface area (Å²) in [5, 5.41) is 10.6. The maximum atomic E-state index is 10.6. The van der Waals surface area contributed by atoms with Gasteiger partial charge in [-0.3, -0.25) is 10.1 Å². The van der Waals surface area contributed by atoms with Gasteiger partial charge in [-0.25, -0.2) is 4.98 Å². The molecule has 0 aliphatic rings. The van der Waals surface area contributed by atoms with Crippen molar-refractivity contribution in [1.29, 1.82) is 0 Å². The van der Waals surface area contributed by atoms with Gasteiger partial charge in [-0.05, 0) is 33.1 Å². The third kappa shape index (κ3) is 3.85. The van der Waals surface area contributed by atoms with Crippen LogP contribution in [0.2, 0.25) is 0 Å². The molecule has 0 saturated heterocycles. The van der Waals surface area contributed by atoms with E-state index in [1.165, 1.54) is 6.07 Å². The van der Waals surface area contributed by atoms with Crippen LogP contribution in [0.25, 0.3) is 0 Å². The zero-order chi connectivity index (χ0) is 13.7. The van der Waals surface area contributed by atoms with Gasteiger partial charge in [0.2, 0.25) is 5.82 Å². The van der Waals surface area contributed by atoms with Gasteiger partial charge in [0.15, 0.2) is 0 Å². The fraction of sp³-hybridized carbons (Fsp3) is 0.545. The molecular weight excluding hydrogens is 234 g/mol. The summed E-state index contributed by atoms with van der Waals surface area (Å²) in [6.45, 7) is 1.80. The Morgan fingerprint density at radius 2 is 2.00 bits per heavy atom. The van der Waals surface area contributed by atoms with Crippen LogP contribution in [-0.4, -0.2) is 49.0 Å². The highest BCUT2D eigenvalue weighted by Crippen LogP contribution is 2.22. The van der Waals surface area contributed by atoms with Gasteiger partial charge in [0, 0.05) is 19.7 Å². The van der Waals surface area contributed by atoms with Crippen molar-refractivity contribution in [3.05, 3.63) is 22.2 Å². The van der Waals surface area contributed by atoms with E-state index in [2.05, 4.69) is 9.88 Å². The highest BCUT2D eigenvalue weighted by molar-refractivity contribution is 5.57. The van der Waals surface area contributed by atoms with Crippen LogP contribution >= 0.6 is 0 Å². The molecule has 0 aliphatic heterocycles. The first-order valence-electron chi connectivity index (χ1n) is 5.68. The average molecular weight is 253 g/mol. The lowest BCUT2D eigenvalue weighted by Crippen LogP contribution is -2.24. The number of nitrogens with two attached hydrogens (primary N) is 1. The van der Waals surface area contributed by atoms with Crippen LogP contribution in [0.1, 0.15) is 6.42 Å². The van der Waals surface area contributed by atoms with E-state index in [9.17, 15) is 10.1 Å². The Balaban J connectivity index is 2.66. The maximum Gasteiger partial charge on any atom is 0.311 e. The Morgan fingerprint density at radius 1 is 1.33 bits per heavy atom. The summed E-state index contributed by atoms with van der Waals surface area (Å²) >= 11 is 0. The molecule has 0 aliphatic carbocycles. The zero-order valence-electron chi connectivity index (χ0n) is 11.0.